The lowest BCUT2D eigenvalue weighted by atomic mass is 10.0. The number of aromatic nitrogens is 1. The lowest BCUT2D eigenvalue weighted by Gasteiger charge is -2.25. The van der Waals surface area contributed by atoms with Gasteiger partial charge in [0.15, 0.2) is 5.11 Å². The maximum atomic E-state index is 6.29. The van der Waals surface area contributed by atoms with Crippen molar-refractivity contribution < 1.29 is 4.42 Å². The van der Waals surface area contributed by atoms with Crippen LogP contribution in [0.1, 0.15) is 43.3 Å². The average molecular weight is 378 g/mol. The summed E-state index contributed by atoms with van der Waals surface area (Å²) in [7, 11) is 0. The highest BCUT2D eigenvalue weighted by atomic mass is 32.1. The van der Waals surface area contributed by atoms with Gasteiger partial charge in [0, 0.05) is 18.3 Å². The summed E-state index contributed by atoms with van der Waals surface area (Å²) < 4.78 is 6.29. The Kier molecular flexibility index (Phi) is 5.21. The summed E-state index contributed by atoms with van der Waals surface area (Å²) in [5.41, 5.74) is 2.05. The molecule has 2 aromatic heterocycles. The minimum atomic E-state index is -0.0228. The molecule has 1 saturated heterocycles. The number of rotatable bonds is 6. The fourth-order valence-corrected chi connectivity index (χ4v) is 3.88. The van der Waals surface area contributed by atoms with Crippen molar-refractivity contribution in [3.05, 3.63) is 78.3 Å². The Balaban J connectivity index is 1.70. The van der Waals surface area contributed by atoms with Crippen LogP contribution in [0.25, 0.3) is 11.3 Å². The number of benzene rings is 1. The van der Waals surface area contributed by atoms with Crippen molar-refractivity contribution in [2.45, 2.75) is 31.8 Å². The minimum absolute atomic E-state index is 0.00332. The van der Waals surface area contributed by atoms with Crippen LogP contribution in [-0.4, -0.2) is 21.5 Å². The molecule has 5 heteroatoms. The molecule has 0 unspecified atom stereocenters. The van der Waals surface area contributed by atoms with Crippen LogP contribution in [0.5, 0.6) is 0 Å². The largest absolute Gasteiger partial charge is 0.459 e. The third-order valence-electron chi connectivity index (χ3n) is 4.93. The number of nitrogens with one attached hydrogen (secondary N) is 1. The quantitative estimate of drug-likeness (QED) is 0.604. The second-order valence-electron chi connectivity index (χ2n) is 6.74. The summed E-state index contributed by atoms with van der Waals surface area (Å²) in [6.45, 7) is 3.09. The summed E-state index contributed by atoms with van der Waals surface area (Å²) in [5.74, 6) is 1.78. The molecule has 1 aliphatic rings. The number of thiocarbonyl (C=S) groups is 1. The predicted molar refractivity (Wildman–Crippen MR) is 111 cm³/mol. The van der Waals surface area contributed by atoms with Gasteiger partial charge >= 0.3 is 0 Å². The minimum Gasteiger partial charge on any atom is -0.459 e. The van der Waals surface area contributed by atoms with Crippen LogP contribution >= 0.6 is 12.2 Å². The first-order chi connectivity index (χ1) is 13.3. The van der Waals surface area contributed by atoms with E-state index in [0.717, 1.165) is 47.3 Å². The summed E-state index contributed by atoms with van der Waals surface area (Å²) in [5, 5.41) is 4.23. The molecule has 0 spiro atoms. The van der Waals surface area contributed by atoms with E-state index < -0.39 is 0 Å². The monoisotopic (exact) mass is 377 g/mol. The number of nitrogens with zero attached hydrogens (tertiary/aromatic N) is 2. The van der Waals surface area contributed by atoms with Crippen molar-refractivity contribution in [1.82, 2.24) is 15.2 Å². The summed E-state index contributed by atoms with van der Waals surface area (Å²) in [6.07, 6.45) is 4.02. The number of unbranched alkanes of at least 4 members (excludes halogenated alkanes) is 1. The van der Waals surface area contributed by atoms with Crippen molar-refractivity contribution in [2.75, 3.05) is 6.54 Å². The van der Waals surface area contributed by atoms with Crippen LogP contribution in [0.3, 0.4) is 0 Å². The molecular formula is C22H23N3OS. The van der Waals surface area contributed by atoms with E-state index in [1.54, 1.807) is 0 Å². The van der Waals surface area contributed by atoms with Crippen LogP contribution in [0, 0.1) is 0 Å². The van der Waals surface area contributed by atoms with Crippen LogP contribution in [0.2, 0.25) is 0 Å². The van der Waals surface area contributed by atoms with Gasteiger partial charge in [0.2, 0.25) is 0 Å². The SMILES string of the molecule is CCCCN1C(=S)N[C@@H](c2ccccn2)[C@@H]1c1ccc(-c2ccccc2)o1. The van der Waals surface area contributed by atoms with Gasteiger partial charge in [-0.2, -0.15) is 0 Å². The first kappa shape index (κ1) is 17.7. The van der Waals surface area contributed by atoms with Crippen molar-refractivity contribution >= 4 is 17.3 Å². The van der Waals surface area contributed by atoms with Crippen molar-refractivity contribution in [3.63, 3.8) is 0 Å². The smallest absolute Gasteiger partial charge is 0.170 e. The van der Waals surface area contributed by atoms with Gasteiger partial charge in [0.05, 0.1) is 11.7 Å². The highest BCUT2D eigenvalue weighted by molar-refractivity contribution is 7.80. The average Bonchev–Trinajstić information content (AvgIpc) is 3.32. The van der Waals surface area contributed by atoms with Crippen molar-refractivity contribution in [1.29, 1.82) is 0 Å². The van der Waals surface area contributed by atoms with Crippen LogP contribution < -0.4 is 5.32 Å². The fourth-order valence-electron chi connectivity index (χ4n) is 3.55. The van der Waals surface area contributed by atoms with Crippen LogP contribution in [0.4, 0.5) is 0 Å². The van der Waals surface area contributed by atoms with E-state index in [1.807, 2.05) is 48.7 Å². The second kappa shape index (κ2) is 7.92. The first-order valence-corrected chi connectivity index (χ1v) is 9.82. The van der Waals surface area contributed by atoms with Gasteiger partial charge in [-0.25, -0.2) is 0 Å². The molecule has 0 amide bonds. The fraction of sp³-hybridized carbons (Fsp3) is 0.273. The predicted octanol–water partition coefficient (Wildman–Crippen LogP) is 5.11. The Labute approximate surface area is 165 Å². The van der Waals surface area contributed by atoms with Crippen LogP contribution in [0.15, 0.2) is 71.3 Å². The van der Waals surface area contributed by atoms with Gasteiger partial charge in [-0.15, -0.1) is 0 Å². The molecule has 3 aromatic rings. The molecule has 2 atom stereocenters. The Morgan fingerprint density at radius 3 is 2.63 bits per heavy atom. The molecule has 1 fully saturated rings. The summed E-state index contributed by atoms with van der Waals surface area (Å²) in [6, 6.07) is 20.2. The topological polar surface area (TPSA) is 41.3 Å². The molecule has 0 saturated carbocycles. The molecule has 4 rings (SSSR count). The normalized spacial score (nSPS) is 19.3. The maximum Gasteiger partial charge on any atom is 0.170 e. The molecule has 138 valence electrons. The molecular weight excluding hydrogens is 354 g/mol. The summed E-state index contributed by atoms with van der Waals surface area (Å²) in [4.78, 5) is 6.80. The van der Waals surface area contributed by atoms with Gasteiger partial charge in [0.1, 0.15) is 17.6 Å². The van der Waals surface area contributed by atoms with E-state index in [0.29, 0.717) is 0 Å². The third-order valence-corrected chi connectivity index (χ3v) is 5.28. The van der Waals surface area contributed by atoms with Gasteiger partial charge in [-0.3, -0.25) is 4.98 Å². The van der Waals surface area contributed by atoms with E-state index in [2.05, 4.69) is 40.3 Å². The zero-order chi connectivity index (χ0) is 18.6. The zero-order valence-electron chi connectivity index (χ0n) is 15.3. The third kappa shape index (κ3) is 3.60. The van der Waals surface area contributed by atoms with Crippen LogP contribution in [-0.2, 0) is 0 Å². The Bertz CT molecular complexity index is 894. The van der Waals surface area contributed by atoms with E-state index in [4.69, 9.17) is 16.6 Å². The molecule has 27 heavy (non-hydrogen) atoms. The molecule has 3 heterocycles. The molecule has 1 aromatic carbocycles. The van der Waals surface area contributed by atoms with E-state index >= 15 is 0 Å². The van der Waals surface area contributed by atoms with Gasteiger partial charge in [-0.05, 0) is 42.9 Å². The Morgan fingerprint density at radius 2 is 1.89 bits per heavy atom. The molecule has 0 radical (unpaired) electrons. The number of pyridine rings is 1. The highest BCUT2D eigenvalue weighted by Gasteiger charge is 2.41. The van der Waals surface area contributed by atoms with E-state index in [9.17, 15) is 0 Å². The molecule has 0 bridgehead atoms. The maximum absolute atomic E-state index is 6.29. The summed E-state index contributed by atoms with van der Waals surface area (Å²) >= 11 is 5.65. The highest BCUT2D eigenvalue weighted by Crippen LogP contribution is 2.40. The first-order valence-electron chi connectivity index (χ1n) is 9.41. The Morgan fingerprint density at radius 1 is 1.07 bits per heavy atom. The number of hydrogen-bond donors (Lipinski definition) is 1. The van der Waals surface area contributed by atoms with Gasteiger partial charge in [0.25, 0.3) is 0 Å². The van der Waals surface area contributed by atoms with Crippen molar-refractivity contribution in [3.8, 4) is 11.3 Å². The standard InChI is InChI=1S/C22H23N3OS/c1-2-3-15-25-21(20(24-22(25)27)17-11-7-8-14-23-17)19-13-12-18(26-19)16-9-5-4-6-10-16/h4-14,20-21H,2-3,15H2,1H3,(H,24,27)/t20-,21-/m0/s1. The lowest BCUT2D eigenvalue weighted by Crippen LogP contribution is -2.30. The Hall–Kier alpha value is -2.66. The zero-order valence-corrected chi connectivity index (χ0v) is 16.2. The number of furan rings is 1. The number of hydrogen-bond acceptors (Lipinski definition) is 3. The van der Waals surface area contributed by atoms with E-state index in [1.165, 1.54) is 0 Å². The molecule has 4 nitrogen and oxygen atoms in total. The molecule has 0 aliphatic carbocycles. The second-order valence-corrected chi connectivity index (χ2v) is 7.13. The van der Waals surface area contributed by atoms with E-state index in [-0.39, 0.29) is 12.1 Å². The van der Waals surface area contributed by atoms with Gasteiger partial charge in [-0.1, -0.05) is 49.7 Å². The molecule has 1 aliphatic heterocycles. The van der Waals surface area contributed by atoms with Gasteiger partial charge < -0.3 is 14.6 Å². The lowest BCUT2D eigenvalue weighted by molar-refractivity contribution is 0.271. The van der Waals surface area contributed by atoms with Crippen molar-refractivity contribution in [2.24, 2.45) is 0 Å². The molecule has 1 N–H and O–H groups in total.